The number of piperidine rings is 2. The summed E-state index contributed by atoms with van der Waals surface area (Å²) in [4.78, 5) is 65.1. The molecular weight excluding hydrogens is 620 g/mol. The number of carbonyl (C=O) groups is 4. The van der Waals surface area contributed by atoms with Gasteiger partial charge in [0.05, 0.1) is 18.1 Å². The maximum absolute atomic E-state index is 13.2. The van der Waals surface area contributed by atoms with Crippen molar-refractivity contribution in [3.05, 3.63) is 22.1 Å². The Labute approximate surface area is 260 Å². The van der Waals surface area contributed by atoms with Crippen LogP contribution in [0.2, 0.25) is 0 Å². The summed E-state index contributed by atoms with van der Waals surface area (Å²) in [6, 6.07) is -2.47. The van der Waals surface area contributed by atoms with Crippen molar-refractivity contribution in [2.45, 2.75) is 97.6 Å². The Hall–Kier alpha value is -3.64. The average molecular weight is 661 g/mol. The van der Waals surface area contributed by atoms with Gasteiger partial charge in [0.25, 0.3) is 0 Å². The molecular formula is C27H40N4O13S. The Morgan fingerprint density at radius 3 is 2.27 bits per heavy atom. The number of nitrogens with zero attached hydrogens (tertiary/aromatic N) is 3. The van der Waals surface area contributed by atoms with E-state index in [0.29, 0.717) is 37.4 Å². The number of hydrogen-bond acceptors (Lipinski definition) is 13. The van der Waals surface area contributed by atoms with E-state index in [1.54, 1.807) is 25.7 Å². The number of esters is 1. The van der Waals surface area contributed by atoms with Crippen LogP contribution in [0.25, 0.3) is 0 Å². The minimum atomic E-state index is -4.81. The van der Waals surface area contributed by atoms with Crippen LogP contribution >= 0.6 is 0 Å². The zero-order valence-electron chi connectivity index (χ0n) is 26.2. The summed E-state index contributed by atoms with van der Waals surface area (Å²) in [7, 11) is -4.81. The fraction of sp³-hybridized carbons (Fsp3) is 0.741. The summed E-state index contributed by atoms with van der Waals surface area (Å²) in [5.74, 6) is -2.04. The lowest BCUT2D eigenvalue weighted by Gasteiger charge is -2.35. The highest BCUT2D eigenvalue weighted by molar-refractivity contribution is 7.81. The molecule has 0 saturated carbocycles. The second-order valence-corrected chi connectivity index (χ2v) is 14.1. The van der Waals surface area contributed by atoms with Gasteiger partial charge in [-0.25, -0.2) is 18.6 Å². The zero-order valence-corrected chi connectivity index (χ0v) is 27.0. The van der Waals surface area contributed by atoms with Crippen LogP contribution in [0.4, 0.5) is 9.59 Å². The van der Waals surface area contributed by atoms with Crippen LogP contribution in [0.3, 0.4) is 0 Å². The van der Waals surface area contributed by atoms with Gasteiger partial charge in [0.1, 0.15) is 11.6 Å². The average Bonchev–Trinajstić information content (AvgIpc) is 3.39. The predicted molar refractivity (Wildman–Crippen MR) is 151 cm³/mol. The van der Waals surface area contributed by atoms with Gasteiger partial charge in [0.2, 0.25) is 5.91 Å². The Kier molecular flexibility index (Phi) is 9.89. The zero-order chi connectivity index (χ0) is 33.3. The molecule has 1 aromatic rings. The fourth-order valence-electron chi connectivity index (χ4n) is 5.06. The second kappa shape index (κ2) is 13.0. The highest BCUT2D eigenvalue weighted by Crippen LogP contribution is 2.32. The molecule has 2 bridgehead atoms. The maximum atomic E-state index is 13.2. The quantitative estimate of drug-likeness (QED) is 0.355. The molecule has 45 heavy (non-hydrogen) atoms. The minimum Gasteiger partial charge on any atom is -0.457 e. The molecule has 3 saturated heterocycles. The van der Waals surface area contributed by atoms with Crippen molar-refractivity contribution in [1.82, 2.24) is 20.2 Å². The number of hydroxylamine groups is 2. The first-order valence-corrected chi connectivity index (χ1v) is 15.9. The summed E-state index contributed by atoms with van der Waals surface area (Å²) in [5, 5.41) is 3.63. The lowest BCUT2D eigenvalue weighted by atomic mass is 9.95. The third-order valence-corrected chi connectivity index (χ3v) is 8.33. The molecule has 4 rings (SSSR count). The third-order valence-electron chi connectivity index (χ3n) is 7.58. The van der Waals surface area contributed by atoms with Gasteiger partial charge in [0, 0.05) is 25.7 Å². The maximum Gasteiger partial charge on any atom is 0.519 e. The largest absolute Gasteiger partial charge is 0.519 e. The molecule has 252 valence electrons. The van der Waals surface area contributed by atoms with Gasteiger partial charge in [-0.2, -0.15) is 13.5 Å². The molecule has 4 heterocycles. The van der Waals surface area contributed by atoms with Crippen LogP contribution < -0.4 is 11.1 Å². The number of aryl methyl sites for hydroxylation is 1. The Balaban J connectivity index is 1.25. The number of ether oxygens (including phenoxy) is 2. The first kappa shape index (κ1) is 34.2. The first-order chi connectivity index (χ1) is 20.8. The van der Waals surface area contributed by atoms with Crippen molar-refractivity contribution in [1.29, 1.82) is 0 Å². The highest BCUT2D eigenvalue weighted by Gasteiger charge is 2.50. The molecule has 0 aliphatic carbocycles. The van der Waals surface area contributed by atoms with E-state index in [1.165, 1.54) is 25.7 Å². The first-order valence-electron chi connectivity index (χ1n) is 14.6. The molecule has 3 aliphatic rings. The topological polar surface area (TPSA) is 204 Å². The summed E-state index contributed by atoms with van der Waals surface area (Å²) in [6.45, 7) is 9.35. The van der Waals surface area contributed by atoms with Gasteiger partial charge in [-0.15, -0.1) is 4.28 Å². The lowest BCUT2D eigenvalue weighted by molar-refractivity contribution is -0.157. The van der Waals surface area contributed by atoms with Gasteiger partial charge in [-0.3, -0.25) is 9.59 Å². The third kappa shape index (κ3) is 8.55. The summed E-state index contributed by atoms with van der Waals surface area (Å²) >= 11 is 0. The Morgan fingerprint density at radius 2 is 1.67 bits per heavy atom. The minimum absolute atomic E-state index is 0.00487. The monoisotopic (exact) mass is 660 g/mol. The number of likely N-dealkylation sites (tertiary alicyclic amines) is 1. The van der Waals surface area contributed by atoms with E-state index < -0.39 is 70.6 Å². The molecule has 4 amide bonds. The van der Waals surface area contributed by atoms with Crippen LogP contribution in [0.5, 0.6) is 0 Å². The van der Waals surface area contributed by atoms with Gasteiger partial charge in [-0.1, -0.05) is 0 Å². The van der Waals surface area contributed by atoms with Gasteiger partial charge >= 0.3 is 34.3 Å². The number of rotatable bonds is 10. The van der Waals surface area contributed by atoms with E-state index in [2.05, 4.69) is 5.32 Å². The van der Waals surface area contributed by atoms with Gasteiger partial charge < -0.3 is 33.4 Å². The van der Waals surface area contributed by atoms with Gasteiger partial charge in [0.15, 0.2) is 18.1 Å². The van der Waals surface area contributed by atoms with E-state index in [1.807, 2.05) is 0 Å². The number of urea groups is 1. The standard InChI is InChI=1S/C27H40N4O13S/c1-16-20(42-25(36)41-16)14-39-22(33)27(5,6)15-40-45(37,38)44-31-18-7-8-19(30(13-18)23(31)34)21(32)28-17-9-11-29(12-10-17)24(35)43-26(2,3)4/h17-19H,7-15H2,1-6H3,(H,28,32)/t18?,19-/m0/s1. The molecule has 17 nitrogen and oxygen atoms in total. The smallest absolute Gasteiger partial charge is 0.457 e. The normalized spacial score (nSPS) is 21.2. The van der Waals surface area contributed by atoms with Crippen LogP contribution in [0, 0.1) is 12.3 Å². The van der Waals surface area contributed by atoms with Crippen LogP contribution in [-0.4, -0.2) is 97.2 Å². The molecule has 0 radical (unpaired) electrons. The van der Waals surface area contributed by atoms with Crippen molar-refractivity contribution in [3.63, 3.8) is 0 Å². The van der Waals surface area contributed by atoms with Crippen molar-refractivity contribution >= 4 is 34.4 Å². The number of hydrogen-bond donors (Lipinski definition) is 1. The van der Waals surface area contributed by atoms with E-state index in [4.69, 9.17) is 26.8 Å². The molecule has 3 fully saturated rings. The second-order valence-electron chi connectivity index (χ2n) is 12.9. The molecule has 1 unspecified atom stereocenters. The Morgan fingerprint density at radius 1 is 1.00 bits per heavy atom. The van der Waals surface area contributed by atoms with Crippen molar-refractivity contribution < 1.29 is 54.4 Å². The number of fused-ring (bicyclic) bond motifs is 2. The molecule has 3 aliphatic heterocycles. The predicted octanol–water partition coefficient (Wildman–Crippen LogP) is 1.59. The van der Waals surface area contributed by atoms with Crippen LogP contribution in [0.1, 0.15) is 71.8 Å². The highest BCUT2D eigenvalue weighted by atomic mass is 32.3. The Bertz CT molecular complexity index is 1450. The summed E-state index contributed by atoms with van der Waals surface area (Å²) in [6.07, 6.45) is 1.21. The SMILES string of the molecule is Cc1oc(=O)oc1COC(=O)C(C)(C)COS(=O)(=O)ON1C(=O)N2CC1CC[C@H]2C(=O)NC1CCN(C(=O)OC(C)(C)C)CC1. The van der Waals surface area contributed by atoms with Crippen LogP contribution in [0.15, 0.2) is 13.6 Å². The van der Waals surface area contributed by atoms with Crippen molar-refractivity contribution in [3.8, 4) is 0 Å². The van der Waals surface area contributed by atoms with Crippen molar-refractivity contribution in [2.75, 3.05) is 26.2 Å². The van der Waals surface area contributed by atoms with Crippen molar-refractivity contribution in [2.24, 2.45) is 5.41 Å². The summed E-state index contributed by atoms with van der Waals surface area (Å²) < 4.78 is 55.2. The number of nitrogens with one attached hydrogen (secondary N) is 1. The molecule has 0 aromatic carbocycles. The molecule has 18 heteroatoms. The van der Waals surface area contributed by atoms with E-state index >= 15 is 0 Å². The molecule has 2 atom stereocenters. The number of amides is 4. The lowest BCUT2D eigenvalue weighted by Crippen LogP contribution is -2.54. The van der Waals surface area contributed by atoms with E-state index in [9.17, 15) is 32.4 Å². The van der Waals surface area contributed by atoms with E-state index in [0.717, 1.165) is 0 Å². The van der Waals surface area contributed by atoms with Crippen LogP contribution in [-0.2, 0) is 44.5 Å². The fourth-order valence-corrected chi connectivity index (χ4v) is 5.93. The molecule has 1 aromatic heterocycles. The molecule has 1 N–H and O–H groups in total. The van der Waals surface area contributed by atoms with E-state index in [-0.39, 0.29) is 36.4 Å². The van der Waals surface area contributed by atoms with Gasteiger partial charge in [-0.05, 0) is 67.2 Å². The number of carbonyl (C=O) groups excluding carboxylic acids is 4. The molecule has 0 spiro atoms. The summed E-state index contributed by atoms with van der Waals surface area (Å²) in [5.41, 5.74) is -2.09.